The third kappa shape index (κ3) is 3.97. The van der Waals surface area contributed by atoms with Gasteiger partial charge in [0.15, 0.2) is 0 Å². The van der Waals surface area contributed by atoms with E-state index in [0.29, 0.717) is 17.9 Å². The highest BCUT2D eigenvalue weighted by Gasteiger charge is 2.22. The second-order valence-corrected chi connectivity index (χ2v) is 5.71. The molecule has 0 unspecified atom stereocenters. The molecule has 0 atom stereocenters. The van der Waals surface area contributed by atoms with Gasteiger partial charge in [0.05, 0.1) is 13.2 Å². The molecule has 0 aliphatic heterocycles. The standard InChI is InChI=1S/C16H24O4/c1-6-19-14-11(2)9-12(16(3,4)5)10-13(14)15(18)20-8-7-17/h9-10,17H,6-8H2,1-5H3. The fourth-order valence-electron chi connectivity index (χ4n) is 1.91. The second-order valence-electron chi connectivity index (χ2n) is 5.71. The first kappa shape index (κ1) is 16.5. The van der Waals surface area contributed by atoms with E-state index in [1.165, 1.54) is 0 Å². The summed E-state index contributed by atoms with van der Waals surface area (Å²) in [6.45, 7) is 10.3. The highest BCUT2D eigenvalue weighted by Crippen LogP contribution is 2.32. The lowest BCUT2D eigenvalue weighted by molar-refractivity contribution is 0.0429. The molecule has 0 saturated heterocycles. The molecule has 0 aliphatic rings. The highest BCUT2D eigenvalue weighted by molar-refractivity contribution is 5.93. The van der Waals surface area contributed by atoms with Crippen molar-refractivity contribution in [1.82, 2.24) is 0 Å². The van der Waals surface area contributed by atoms with Crippen LogP contribution >= 0.6 is 0 Å². The fraction of sp³-hybridized carbons (Fsp3) is 0.562. The van der Waals surface area contributed by atoms with E-state index in [1.807, 2.05) is 26.0 Å². The summed E-state index contributed by atoms with van der Waals surface area (Å²) in [6, 6.07) is 3.85. The van der Waals surface area contributed by atoms with Crippen molar-refractivity contribution in [3.63, 3.8) is 0 Å². The quantitative estimate of drug-likeness (QED) is 0.843. The van der Waals surface area contributed by atoms with Crippen LogP contribution in [-0.2, 0) is 10.2 Å². The number of aliphatic hydroxyl groups excluding tert-OH is 1. The molecule has 0 amide bonds. The molecule has 0 radical (unpaired) electrons. The first-order chi connectivity index (χ1) is 9.31. The summed E-state index contributed by atoms with van der Waals surface area (Å²) in [4.78, 5) is 12.1. The number of esters is 1. The van der Waals surface area contributed by atoms with Crippen molar-refractivity contribution in [2.45, 2.75) is 40.0 Å². The molecule has 0 heterocycles. The zero-order valence-electron chi connectivity index (χ0n) is 12.9. The van der Waals surface area contributed by atoms with Crippen LogP contribution in [0.3, 0.4) is 0 Å². The number of carbonyl (C=O) groups is 1. The van der Waals surface area contributed by atoms with Gasteiger partial charge < -0.3 is 14.6 Å². The molecule has 0 aliphatic carbocycles. The van der Waals surface area contributed by atoms with E-state index in [0.717, 1.165) is 11.1 Å². The third-order valence-corrected chi connectivity index (χ3v) is 2.97. The molecule has 0 saturated carbocycles. The summed E-state index contributed by atoms with van der Waals surface area (Å²) in [5, 5.41) is 8.76. The van der Waals surface area contributed by atoms with Crippen LogP contribution < -0.4 is 4.74 Å². The molecule has 0 spiro atoms. The van der Waals surface area contributed by atoms with Gasteiger partial charge in [-0.15, -0.1) is 0 Å². The molecule has 1 aromatic rings. The Labute approximate surface area is 120 Å². The summed E-state index contributed by atoms with van der Waals surface area (Å²) < 4.78 is 10.6. The van der Waals surface area contributed by atoms with Gasteiger partial charge in [-0.25, -0.2) is 4.79 Å². The van der Waals surface area contributed by atoms with Gasteiger partial charge >= 0.3 is 5.97 Å². The van der Waals surface area contributed by atoms with Crippen LogP contribution in [0.2, 0.25) is 0 Å². The highest BCUT2D eigenvalue weighted by atomic mass is 16.5. The van der Waals surface area contributed by atoms with Crippen LogP contribution in [0, 0.1) is 6.92 Å². The van der Waals surface area contributed by atoms with Gasteiger partial charge in [0.1, 0.15) is 17.9 Å². The first-order valence-corrected chi connectivity index (χ1v) is 6.87. The van der Waals surface area contributed by atoms with Crippen LogP contribution in [0.15, 0.2) is 12.1 Å². The number of carbonyl (C=O) groups excluding carboxylic acids is 1. The minimum atomic E-state index is -0.461. The van der Waals surface area contributed by atoms with Crippen molar-refractivity contribution >= 4 is 5.97 Å². The number of hydrogen-bond donors (Lipinski definition) is 1. The predicted octanol–water partition coefficient (Wildman–Crippen LogP) is 2.84. The van der Waals surface area contributed by atoms with Gasteiger partial charge in [-0.2, -0.15) is 0 Å². The Morgan fingerprint density at radius 2 is 1.95 bits per heavy atom. The molecule has 0 fully saturated rings. The number of rotatable bonds is 5. The van der Waals surface area contributed by atoms with Crippen LogP contribution in [0.4, 0.5) is 0 Å². The summed E-state index contributed by atoms with van der Waals surface area (Å²) in [5.41, 5.74) is 2.32. The van der Waals surface area contributed by atoms with E-state index >= 15 is 0 Å². The zero-order valence-corrected chi connectivity index (χ0v) is 12.9. The van der Waals surface area contributed by atoms with Crippen molar-refractivity contribution in [3.8, 4) is 5.75 Å². The molecule has 1 N–H and O–H groups in total. The van der Waals surface area contributed by atoms with Gasteiger partial charge in [0, 0.05) is 0 Å². The summed E-state index contributed by atoms with van der Waals surface area (Å²) in [5.74, 6) is 0.0974. The summed E-state index contributed by atoms with van der Waals surface area (Å²) in [7, 11) is 0. The van der Waals surface area contributed by atoms with Crippen LogP contribution in [0.25, 0.3) is 0 Å². The largest absolute Gasteiger partial charge is 0.493 e. The average Bonchev–Trinajstić information content (AvgIpc) is 2.36. The van der Waals surface area contributed by atoms with Crippen molar-refractivity contribution in [2.24, 2.45) is 0 Å². The molecule has 1 aromatic carbocycles. The van der Waals surface area contributed by atoms with E-state index in [-0.39, 0.29) is 18.6 Å². The van der Waals surface area contributed by atoms with E-state index in [1.54, 1.807) is 0 Å². The van der Waals surface area contributed by atoms with Crippen molar-refractivity contribution in [2.75, 3.05) is 19.8 Å². The van der Waals surface area contributed by atoms with Crippen molar-refractivity contribution < 1.29 is 19.4 Å². The Morgan fingerprint density at radius 3 is 2.45 bits per heavy atom. The molecule has 4 nitrogen and oxygen atoms in total. The van der Waals surface area contributed by atoms with Crippen molar-refractivity contribution in [1.29, 1.82) is 0 Å². The SMILES string of the molecule is CCOc1c(C)cc(C(C)(C)C)cc1C(=O)OCCO. The predicted molar refractivity (Wildman–Crippen MR) is 78.4 cm³/mol. The Balaban J connectivity index is 3.28. The lowest BCUT2D eigenvalue weighted by atomic mass is 9.85. The Kier molecular flexibility index (Phi) is 5.57. The van der Waals surface area contributed by atoms with Crippen LogP contribution in [0.5, 0.6) is 5.75 Å². The number of aliphatic hydroxyl groups is 1. The summed E-state index contributed by atoms with van der Waals surface area (Å²) >= 11 is 0. The molecular weight excluding hydrogens is 256 g/mol. The van der Waals surface area contributed by atoms with E-state index in [4.69, 9.17) is 14.6 Å². The average molecular weight is 280 g/mol. The molecule has 112 valence electrons. The van der Waals surface area contributed by atoms with Crippen LogP contribution in [0.1, 0.15) is 49.2 Å². The smallest absolute Gasteiger partial charge is 0.342 e. The molecule has 0 bridgehead atoms. The number of ether oxygens (including phenoxy) is 2. The van der Waals surface area contributed by atoms with Gasteiger partial charge in [0.2, 0.25) is 0 Å². The van der Waals surface area contributed by atoms with Crippen molar-refractivity contribution in [3.05, 3.63) is 28.8 Å². The van der Waals surface area contributed by atoms with E-state index in [2.05, 4.69) is 20.8 Å². The molecule has 1 rings (SSSR count). The fourth-order valence-corrected chi connectivity index (χ4v) is 1.91. The molecule has 0 aromatic heterocycles. The van der Waals surface area contributed by atoms with Crippen LogP contribution in [-0.4, -0.2) is 30.9 Å². The summed E-state index contributed by atoms with van der Waals surface area (Å²) in [6.07, 6.45) is 0. The maximum Gasteiger partial charge on any atom is 0.342 e. The third-order valence-electron chi connectivity index (χ3n) is 2.97. The molecule has 20 heavy (non-hydrogen) atoms. The topological polar surface area (TPSA) is 55.8 Å². The molecule has 4 heteroatoms. The lowest BCUT2D eigenvalue weighted by Crippen LogP contribution is -2.16. The molecular formula is C16H24O4. The van der Waals surface area contributed by atoms with E-state index in [9.17, 15) is 4.79 Å². The van der Waals surface area contributed by atoms with E-state index < -0.39 is 5.97 Å². The normalized spacial score (nSPS) is 11.3. The number of benzene rings is 1. The minimum absolute atomic E-state index is 0.0107. The van der Waals surface area contributed by atoms with Gasteiger partial charge in [-0.1, -0.05) is 26.8 Å². The Morgan fingerprint density at radius 1 is 1.30 bits per heavy atom. The minimum Gasteiger partial charge on any atom is -0.493 e. The van der Waals surface area contributed by atoms with Gasteiger partial charge in [-0.3, -0.25) is 0 Å². The van der Waals surface area contributed by atoms with Gasteiger partial charge in [0.25, 0.3) is 0 Å². The maximum atomic E-state index is 12.1. The Hall–Kier alpha value is -1.55. The second kappa shape index (κ2) is 6.75. The zero-order chi connectivity index (χ0) is 15.3. The van der Waals surface area contributed by atoms with Gasteiger partial charge in [-0.05, 0) is 36.5 Å². The number of hydrogen-bond acceptors (Lipinski definition) is 4. The number of aryl methyl sites for hydroxylation is 1. The monoisotopic (exact) mass is 280 g/mol. The Bertz CT molecular complexity index is 472. The lowest BCUT2D eigenvalue weighted by Gasteiger charge is -2.22. The first-order valence-electron chi connectivity index (χ1n) is 6.87. The maximum absolute atomic E-state index is 12.1.